The fourth-order valence-electron chi connectivity index (χ4n) is 10.2. The van der Waals surface area contributed by atoms with E-state index in [-0.39, 0.29) is 51.6 Å². The molecule has 0 aromatic rings. The molecule has 12 amide bonds. The lowest BCUT2D eigenvalue weighted by Crippen LogP contribution is -2.66. The Labute approximate surface area is 520 Å². The molecule has 3 aliphatic heterocycles. The third-order valence-corrected chi connectivity index (χ3v) is 15.2. The minimum Gasteiger partial charge on any atom is -0.481 e. The first-order valence-electron chi connectivity index (χ1n) is 30.1. The summed E-state index contributed by atoms with van der Waals surface area (Å²) in [7, 11) is 0. The van der Waals surface area contributed by atoms with Crippen LogP contribution in [0.15, 0.2) is 12.2 Å². The topological polar surface area (TPSA) is 507 Å². The summed E-state index contributed by atoms with van der Waals surface area (Å²) in [4.78, 5) is 218. The Morgan fingerprint density at radius 1 is 0.589 bits per heavy atom. The number of nitrogens with two attached hydrogens (primary N) is 1. The quantitative estimate of drug-likeness (QED) is 0.0387. The SMILES string of the molecule is CC(C)CCCCCC=CCC(=O)N[C@@H](CC(=O)O)C(=O)N[C@@H]1C(=O)N2CCCC[C@@H]2C(=O)N[C@@H](C(C)C(=O)O)C(=O)N[C@@H](CC(=O)O)C(=O)NCC(=O)N[C@@H](CC(=O)O)C(=O)NCC(=O)N[C@H](C(C)N)C(=O)N[C@@H](C(C)C)C(=O)N2CCC[C@H]2C(=O)NC1C. The van der Waals surface area contributed by atoms with Gasteiger partial charge < -0.3 is 89.1 Å². The number of piperidine rings is 1. The van der Waals surface area contributed by atoms with Gasteiger partial charge in [0.15, 0.2) is 0 Å². The molecule has 3 aliphatic rings. The molecule has 0 aromatic carbocycles. The number of carbonyl (C=O) groups excluding carboxylic acids is 12. The van der Waals surface area contributed by atoms with Crippen LogP contribution in [0.4, 0.5) is 0 Å². The molecule has 502 valence electrons. The smallest absolute Gasteiger partial charge is 0.308 e. The van der Waals surface area contributed by atoms with Gasteiger partial charge in [0, 0.05) is 25.6 Å². The van der Waals surface area contributed by atoms with Gasteiger partial charge in [0.2, 0.25) is 70.9 Å². The van der Waals surface area contributed by atoms with Crippen molar-refractivity contribution < 1.29 is 97.1 Å². The van der Waals surface area contributed by atoms with Crippen LogP contribution in [0.2, 0.25) is 0 Å². The van der Waals surface area contributed by atoms with Gasteiger partial charge in [-0.15, -0.1) is 0 Å². The van der Waals surface area contributed by atoms with Crippen LogP contribution < -0.4 is 58.9 Å². The molecule has 3 fully saturated rings. The van der Waals surface area contributed by atoms with Gasteiger partial charge in [-0.2, -0.15) is 0 Å². The highest BCUT2D eigenvalue weighted by Crippen LogP contribution is 2.24. The van der Waals surface area contributed by atoms with Gasteiger partial charge in [0.05, 0.1) is 44.3 Å². The number of carbonyl (C=O) groups is 16. The number of allylic oxidation sites excluding steroid dienone is 1. The Morgan fingerprint density at radius 3 is 1.68 bits per heavy atom. The number of hydrogen-bond acceptors (Lipinski definition) is 17. The van der Waals surface area contributed by atoms with E-state index in [1.165, 1.54) is 13.8 Å². The molecule has 0 aromatic heterocycles. The summed E-state index contributed by atoms with van der Waals surface area (Å²) in [6.07, 6.45) is 4.82. The summed E-state index contributed by atoms with van der Waals surface area (Å²) in [6, 6.07) is -18.5. The Hall–Kier alpha value is -8.78. The predicted molar refractivity (Wildman–Crippen MR) is 315 cm³/mol. The summed E-state index contributed by atoms with van der Waals surface area (Å²) < 4.78 is 0. The van der Waals surface area contributed by atoms with Crippen LogP contribution in [0, 0.1) is 17.8 Å². The zero-order valence-electron chi connectivity index (χ0n) is 51.8. The zero-order valence-corrected chi connectivity index (χ0v) is 51.8. The van der Waals surface area contributed by atoms with Crippen LogP contribution in [0.5, 0.6) is 0 Å². The van der Waals surface area contributed by atoms with E-state index in [0.29, 0.717) is 12.3 Å². The minimum atomic E-state index is -2.15. The van der Waals surface area contributed by atoms with Crippen molar-refractivity contribution in [2.75, 3.05) is 26.2 Å². The van der Waals surface area contributed by atoms with Crippen molar-refractivity contribution in [1.82, 2.24) is 63.0 Å². The summed E-state index contributed by atoms with van der Waals surface area (Å²) in [5.74, 6) is -21.9. The molecule has 0 bridgehead atoms. The van der Waals surface area contributed by atoms with Gasteiger partial charge in [-0.05, 0) is 77.6 Å². The van der Waals surface area contributed by atoms with E-state index >= 15 is 4.79 Å². The number of fused-ring (bicyclic) bond motifs is 2. The number of carboxylic acids is 4. The maximum absolute atomic E-state index is 15.2. The first-order chi connectivity index (χ1) is 42.2. The van der Waals surface area contributed by atoms with Crippen LogP contribution in [0.1, 0.15) is 138 Å². The molecular formula is C57H89N13O20. The van der Waals surface area contributed by atoms with Crippen molar-refractivity contribution in [3.05, 3.63) is 12.2 Å². The average molecular weight is 1280 g/mol. The Bertz CT molecular complexity index is 2690. The molecule has 0 saturated carbocycles. The number of hydrogen-bond donors (Lipinski definition) is 15. The molecule has 90 heavy (non-hydrogen) atoms. The van der Waals surface area contributed by atoms with E-state index in [2.05, 4.69) is 51.1 Å². The molecule has 0 aliphatic carbocycles. The highest BCUT2D eigenvalue weighted by Gasteiger charge is 2.45. The number of nitrogens with one attached hydrogen (secondary N) is 10. The number of amides is 12. The summed E-state index contributed by atoms with van der Waals surface area (Å²) in [5, 5.41) is 62.2. The average Bonchev–Trinajstić information content (AvgIpc) is 1.43. The lowest BCUT2D eigenvalue weighted by molar-refractivity contribution is -0.150. The molecule has 0 spiro atoms. The normalized spacial score (nSPS) is 25.5. The van der Waals surface area contributed by atoms with Gasteiger partial charge in [0.1, 0.15) is 54.4 Å². The molecule has 3 rings (SSSR count). The maximum atomic E-state index is 15.2. The van der Waals surface area contributed by atoms with Gasteiger partial charge in [-0.3, -0.25) is 76.7 Å². The van der Waals surface area contributed by atoms with E-state index in [9.17, 15) is 92.3 Å². The highest BCUT2D eigenvalue weighted by atomic mass is 16.4. The van der Waals surface area contributed by atoms with Gasteiger partial charge >= 0.3 is 23.9 Å². The molecule has 0 radical (unpaired) electrons. The molecule has 3 saturated heterocycles. The monoisotopic (exact) mass is 1280 g/mol. The lowest BCUT2D eigenvalue weighted by Gasteiger charge is -2.39. The van der Waals surface area contributed by atoms with E-state index in [0.717, 1.165) is 42.4 Å². The Balaban J connectivity index is 2.18. The van der Waals surface area contributed by atoms with Crippen LogP contribution in [-0.2, 0) is 76.7 Å². The summed E-state index contributed by atoms with van der Waals surface area (Å²) in [5.41, 5.74) is 6.11. The fraction of sp³-hybridized carbons (Fsp3) is 0.684. The molecule has 3 unspecified atom stereocenters. The maximum Gasteiger partial charge on any atom is 0.308 e. The second-order valence-electron chi connectivity index (χ2n) is 23.5. The third-order valence-electron chi connectivity index (χ3n) is 15.2. The number of aliphatic carboxylic acids is 4. The minimum absolute atomic E-state index is 0.0220. The fourth-order valence-corrected chi connectivity index (χ4v) is 10.2. The van der Waals surface area contributed by atoms with Crippen LogP contribution >= 0.6 is 0 Å². The number of unbranched alkanes of at least 4 members (excludes halogenated alkanes) is 3. The lowest BCUT2D eigenvalue weighted by atomic mass is 9.96. The number of carboxylic acid groups (broad SMARTS) is 4. The second kappa shape index (κ2) is 36.6. The largest absolute Gasteiger partial charge is 0.481 e. The third kappa shape index (κ3) is 24.3. The highest BCUT2D eigenvalue weighted by molar-refractivity contribution is 6.01. The van der Waals surface area contributed by atoms with Crippen LogP contribution in [0.25, 0.3) is 0 Å². The molecule has 33 heteroatoms. The standard InChI is InChI=1S/C57H89N13O20/c1-28(2)17-12-10-8-9-11-13-20-38(71)62-35(25-43(78)79)50(82)68-47-32(7)61-51(83)37-19-16-22-70(37)55(87)44(29(3)4)66-54(86)46(31(6)58)65-40(73)27-60-48(80)33(23-41(74)75)63-39(72)26-59-49(81)34(24-42(76)77)64-53(85)45(30(5)57(89)90)67-52(84)36-18-14-15-21-69(36)56(47)88/h11,13,28-37,44-47H,8-10,12,14-27,58H2,1-7H3,(H,59,81)(H,60,80)(H,61,83)(H,62,71)(H,63,72)(H,64,85)(H,65,73)(H,66,86)(H,67,84)(H,68,82)(H,74,75)(H,76,77)(H,78,79)(H,89,90)/t30?,31?,32?,33-,34-,35-,36+,37-,44-,45-,46+,47-/m0/s1. The molecule has 16 N–H and O–H groups in total. The van der Waals surface area contributed by atoms with Gasteiger partial charge in [0.25, 0.3) is 0 Å². The first kappa shape index (κ1) is 75.5. The first-order valence-corrected chi connectivity index (χ1v) is 30.1. The van der Waals surface area contributed by atoms with Crippen molar-refractivity contribution in [3.8, 4) is 0 Å². The van der Waals surface area contributed by atoms with Gasteiger partial charge in [-0.1, -0.05) is 59.1 Å². The van der Waals surface area contributed by atoms with E-state index in [1.54, 1.807) is 26.0 Å². The number of nitrogens with zero attached hydrogens (tertiary/aromatic N) is 2. The van der Waals surface area contributed by atoms with Crippen molar-refractivity contribution >= 4 is 94.8 Å². The van der Waals surface area contributed by atoms with Crippen LogP contribution in [-0.4, -0.2) is 218 Å². The summed E-state index contributed by atoms with van der Waals surface area (Å²) >= 11 is 0. The van der Waals surface area contributed by atoms with Gasteiger partial charge in [-0.25, -0.2) is 0 Å². The Kier molecular flexibility index (Phi) is 30.7. The van der Waals surface area contributed by atoms with Crippen molar-refractivity contribution in [3.63, 3.8) is 0 Å². The predicted octanol–water partition coefficient (Wildman–Crippen LogP) is -3.80. The van der Waals surface area contributed by atoms with E-state index in [4.69, 9.17) is 5.73 Å². The van der Waals surface area contributed by atoms with Crippen molar-refractivity contribution in [2.24, 2.45) is 23.5 Å². The molecule has 3 heterocycles. The molecule has 12 atom stereocenters. The van der Waals surface area contributed by atoms with Crippen LogP contribution in [0.3, 0.4) is 0 Å². The molecule has 33 nitrogen and oxygen atoms in total. The van der Waals surface area contributed by atoms with E-state index < -0.39 is 205 Å². The van der Waals surface area contributed by atoms with Crippen molar-refractivity contribution in [1.29, 1.82) is 0 Å². The zero-order chi connectivity index (χ0) is 67.7. The Morgan fingerprint density at radius 2 is 1.12 bits per heavy atom. The second-order valence-corrected chi connectivity index (χ2v) is 23.5. The summed E-state index contributed by atoms with van der Waals surface area (Å²) in [6.45, 7) is 8.60. The molecular weight excluding hydrogens is 1190 g/mol. The van der Waals surface area contributed by atoms with Crippen molar-refractivity contribution in [2.45, 2.75) is 205 Å². The number of rotatable bonds is 21. The van der Waals surface area contributed by atoms with E-state index in [1.807, 2.05) is 16.0 Å².